The topological polar surface area (TPSA) is 84.5 Å². The largest absolute Gasteiger partial charge is 0.673 e. The Labute approximate surface area is 150 Å². The maximum atomic E-state index is 10.9. The van der Waals surface area contributed by atoms with Crippen molar-refractivity contribution in [3.63, 3.8) is 0 Å². The van der Waals surface area contributed by atoms with Crippen molar-refractivity contribution < 1.29 is 58.6 Å². The molecule has 0 atom stereocenters. The molecule has 0 saturated heterocycles. The number of amides is 1. The second-order valence-corrected chi connectivity index (χ2v) is 3.58. The first-order valence-electron chi connectivity index (χ1n) is 5.17. The van der Waals surface area contributed by atoms with Gasteiger partial charge in [0.2, 0.25) is 0 Å². The summed E-state index contributed by atoms with van der Waals surface area (Å²) in [5.41, 5.74) is 9.26. The summed E-state index contributed by atoms with van der Waals surface area (Å²) in [6, 6.07) is 1.55. The molecule has 0 aliphatic heterocycles. The molecule has 0 unspecified atom stereocenters. The van der Waals surface area contributed by atoms with Crippen molar-refractivity contribution in [3.05, 3.63) is 35.5 Å². The molecule has 0 fully saturated rings. The smallest absolute Gasteiger partial charge is 0.0580 e. The number of carbonyl (C=O) groups is 1. The molecule has 0 saturated carbocycles. The molecule has 0 spiro atoms. The van der Waals surface area contributed by atoms with Gasteiger partial charge in [0.05, 0.1) is 5.69 Å². The normalized spacial score (nSPS) is 9.37. The van der Waals surface area contributed by atoms with Gasteiger partial charge in [-0.2, -0.15) is 0 Å². The molecule has 2 rings (SSSR count). The molecular formula is C11H11N5OWY-2. The molecule has 1 radical (unpaired) electrons. The Bertz CT molecular complexity index is 572. The second kappa shape index (κ2) is 7.98. The average molecular weight is 502 g/mol. The minimum Gasteiger partial charge on any atom is -0.673 e. The van der Waals surface area contributed by atoms with E-state index in [2.05, 4.69) is 21.5 Å². The minimum atomic E-state index is -0.828. The van der Waals surface area contributed by atoms with Crippen molar-refractivity contribution in [1.29, 1.82) is 0 Å². The van der Waals surface area contributed by atoms with Crippen LogP contribution in [0.2, 0.25) is 0 Å². The summed E-state index contributed by atoms with van der Waals surface area (Å²) in [6.45, 7) is 4.51. The van der Waals surface area contributed by atoms with Gasteiger partial charge in [-0.25, -0.2) is 0 Å². The molecule has 2 heterocycles. The van der Waals surface area contributed by atoms with Crippen molar-refractivity contribution in [1.82, 2.24) is 20.0 Å². The van der Waals surface area contributed by atoms with Crippen LogP contribution < -0.4 is 0 Å². The molecule has 0 aliphatic rings. The number of hydrogen-bond acceptors (Lipinski definition) is 4. The maximum Gasteiger partial charge on any atom is 0.0580 e. The summed E-state index contributed by atoms with van der Waals surface area (Å²) in [5, 5.41) is 7.94. The minimum absolute atomic E-state index is 0. The first-order valence-corrected chi connectivity index (χ1v) is 5.17. The van der Waals surface area contributed by atoms with E-state index in [1.807, 2.05) is 13.8 Å². The maximum absolute atomic E-state index is 10.9. The molecule has 0 aliphatic carbocycles. The van der Waals surface area contributed by atoms with E-state index in [1.165, 1.54) is 0 Å². The van der Waals surface area contributed by atoms with Gasteiger partial charge in [0, 0.05) is 72.4 Å². The number of nitrogens with zero attached hydrogens (tertiary/aromatic N) is 4. The molecule has 6 nitrogen and oxygen atoms in total. The molecule has 8 heteroatoms. The predicted molar refractivity (Wildman–Crippen MR) is 61.2 cm³/mol. The fourth-order valence-corrected chi connectivity index (χ4v) is 1.44. The van der Waals surface area contributed by atoms with E-state index < -0.39 is 5.91 Å². The van der Waals surface area contributed by atoms with Gasteiger partial charge in [-0.1, -0.05) is 23.9 Å². The van der Waals surface area contributed by atoms with Crippen LogP contribution in [0.5, 0.6) is 0 Å². The van der Waals surface area contributed by atoms with Gasteiger partial charge in [0.25, 0.3) is 0 Å². The van der Waals surface area contributed by atoms with Crippen LogP contribution in [0, 0.1) is 13.1 Å². The second-order valence-electron chi connectivity index (χ2n) is 3.58. The summed E-state index contributed by atoms with van der Waals surface area (Å²) in [6.07, 6.45) is 4.49. The molecule has 97 valence electrons. The van der Waals surface area contributed by atoms with Gasteiger partial charge >= 0.3 is 0 Å². The summed E-state index contributed by atoms with van der Waals surface area (Å²) < 4.78 is 1.69. The van der Waals surface area contributed by atoms with Crippen molar-refractivity contribution in [2.75, 3.05) is 0 Å². The Balaban J connectivity index is 0.00000162. The summed E-state index contributed by atoms with van der Waals surface area (Å²) in [5.74, 6) is -0.828. The number of nitrogens with one attached hydrogen (secondary N) is 1. The summed E-state index contributed by atoms with van der Waals surface area (Å²) in [4.78, 5) is 14.7. The van der Waals surface area contributed by atoms with Crippen molar-refractivity contribution in [3.8, 4) is 11.3 Å². The van der Waals surface area contributed by atoms with E-state index in [1.54, 1.807) is 16.9 Å². The molecule has 1 amide bonds. The number of pyridine rings is 1. The Morgan fingerprint density at radius 2 is 2.21 bits per heavy atom. The molecule has 1 N–H and O–H groups in total. The Morgan fingerprint density at radius 3 is 2.74 bits per heavy atom. The van der Waals surface area contributed by atoms with Gasteiger partial charge in [0.1, 0.15) is 0 Å². The van der Waals surface area contributed by atoms with Crippen LogP contribution in [-0.4, -0.2) is 25.9 Å². The van der Waals surface area contributed by atoms with Crippen molar-refractivity contribution in [2.45, 2.75) is 20.4 Å². The third kappa shape index (κ3) is 4.26. The molecule has 2 aromatic rings. The summed E-state index contributed by atoms with van der Waals surface area (Å²) in [7, 11) is 0. The Hall–Kier alpha value is -0.448. The first-order chi connectivity index (χ1) is 8.11. The van der Waals surface area contributed by atoms with E-state index in [4.69, 9.17) is 5.73 Å². The number of aryl methyl sites for hydroxylation is 2. The van der Waals surface area contributed by atoms with Gasteiger partial charge in [-0.3, -0.25) is 4.68 Å². The van der Waals surface area contributed by atoms with Crippen LogP contribution in [0.1, 0.15) is 23.0 Å². The van der Waals surface area contributed by atoms with Crippen LogP contribution in [-0.2, 0) is 60.3 Å². The standard InChI is InChI=1S/C11H12N5O.W.Y/c1-3-16-6-10(14-15-16)8-4-9(11(12)17)13-5-7(8)2;;/h4,6H,3H2,1-2H3,(H2,12,17);;/q-1;;/p-1. The van der Waals surface area contributed by atoms with Gasteiger partial charge in [0.15, 0.2) is 0 Å². The third-order valence-corrected chi connectivity index (χ3v) is 2.40. The van der Waals surface area contributed by atoms with Crippen molar-refractivity contribution >= 4 is 5.91 Å². The average Bonchev–Trinajstić information content (AvgIpc) is 2.77. The van der Waals surface area contributed by atoms with E-state index in [9.17, 15) is 4.79 Å². The molecule has 0 bridgehead atoms. The fourth-order valence-electron chi connectivity index (χ4n) is 1.44. The molecule has 0 aromatic carbocycles. The van der Waals surface area contributed by atoms with Crippen LogP contribution in [0.4, 0.5) is 0 Å². The zero-order valence-corrected chi connectivity index (χ0v) is 16.3. The predicted octanol–water partition coefficient (Wildman–Crippen LogP) is 1.66. The third-order valence-electron chi connectivity index (χ3n) is 2.40. The van der Waals surface area contributed by atoms with Crippen molar-refractivity contribution in [2.24, 2.45) is 0 Å². The van der Waals surface area contributed by atoms with Gasteiger partial charge in [-0.15, -0.1) is 16.7 Å². The SMILES string of the molecule is CCn1cc(-c2cc(C([NH-])=O)n[c-]c2C)nn1.[W].[Y]. The van der Waals surface area contributed by atoms with E-state index >= 15 is 0 Å². The van der Waals surface area contributed by atoms with Crippen LogP contribution in [0.25, 0.3) is 17.0 Å². The monoisotopic (exact) mass is 502 g/mol. The number of carbonyl (C=O) groups excluding carboxylic acids is 1. The quantitative estimate of drug-likeness (QED) is 0.599. The van der Waals surface area contributed by atoms with E-state index in [-0.39, 0.29) is 59.5 Å². The molecular weight excluding hydrogens is 491 g/mol. The van der Waals surface area contributed by atoms with Crippen LogP contribution in [0.3, 0.4) is 0 Å². The molecule has 19 heavy (non-hydrogen) atoms. The first kappa shape index (κ1) is 18.6. The Kier molecular flexibility index (Phi) is 7.79. The summed E-state index contributed by atoms with van der Waals surface area (Å²) >= 11 is 0. The zero-order chi connectivity index (χ0) is 12.4. The Morgan fingerprint density at radius 1 is 1.53 bits per heavy atom. The van der Waals surface area contributed by atoms with E-state index in [0.717, 1.165) is 17.7 Å². The zero-order valence-electron chi connectivity index (χ0n) is 10.5. The van der Waals surface area contributed by atoms with Crippen LogP contribution in [0.15, 0.2) is 12.3 Å². The van der Waals surface area contributed by atoms with Crippen LogP contribution >= 0.6 is 0 Å². The molecule has 2 aromatic heterocycles. The number of rotatable bonds is 3. The number of hydrogen-bond donors (Lipinski definition) is 0. The van der Waals surface area contributed by atoms with Gasteiger partial charge < -0.3 is 15.5 Å². The van der Waals surface area contributed by atoms with Gasteiger partial charge in [-0.05, 0) is 12.6 Å². The van der Waals surface area contributed by atoms with E-state index in [0.29, 0.717) is 5.69 Å². The number of aromatic nitrogens is 4. The fraction of sp³-hybridized carbons (Fsp3) is 0.273.